The maximum absolute atomic E-state index is 13.2. The van der Waals surface area contributed by atoms with Crippen LogP contribution in [0.25, 0.3) is 10.2 Å². The van der Waals surface area contributed by atoms with E-state index in [1.165, 1.54) is 25.6 Å². The molecule has 1 amide bonds. The fourth-order valence-electron chi connectivity index (χ4n) is 3.13. The molecule has 0 fully saturated rings. The number of esters is 1. The van der Waals surface area contributed by atoms with Crippen molar-refractivity contribution in [2.75, 3.05) is 26.6 Å². The van der Waals surface area contributed by atoms with Gasteiger partial charge in [0.25, 0.3) is 0 Å². The van der Waals surface area contributed by atoms with Crippen LogP contribution in [0.5, 0.6) is 11.5 Å². The van der Waals surface area contributed by atoms with Gasteiger partial charge in [-0.3, -0.25) is 4.79 Å². The Bertz CT molecular complexity index is 1010. The highest BCUT2D eigenvalue weighted by atomic mass is 32.1. The Morgan fingerprint density at radius 1 is 1.14 bits per heavy atom. The highest BCUT2D eigenvalue weighted by molar-refractivity contribution is 7.16. The van der Waals surface area contributed by atoms with Gasteiger partial charge in [0.15, 0.2) is 0 Å². The third-order valence-corrected chi connectivity index (χ3v) is 5.43. The zero-order chi connectivity index (χ0) is 20.3. The van der Waals surface area contributed by atoms with Crippen LogP contribution >= 0.6 is 11.3 Å². The van der Waals surface area contributed by atoms with E-state index in [0.29, 0.717) is 29.3 Å². The van der Waals surface area contributed by atoms with E-state index in [9.17, 15) is 9.59 Å². The van der Waals surface area contributed by atoms with Crippen LogP contribution in [0.4, 0.5) is 5.69 Å². The number of anilines is 1. The van der Waals surface area contributed by atoms with E-state index in [1.807, 2.05) is 18.4 Å². The van der Waals surface area contributed by atoms with Gasteiger partial charge in [-0.2, -0.15) is 0 Å². The van der Waals surface area contributed by atoms with Crippen LogP contribution < -0.4 is 14.8 Å². The number of ether oxygens (including phenoxy) is 3. The molecule has 0 saturated heterocycles. The van der Waals surface area contributed by atoms with Crippen molar-refractivity contribution in [3.8, 4) is 11.5 Å². The summed E-state index contributed by atoms with van der Waals surface area (Å²) >= 11 is 1.47. The van der Waals surface area contributed by atoms with Crippen LogP contribution in [0.2, 0.25) is 0 Å². The van der Waals surface area contributed by atoms with E-state index >= 15 is 0 Å². The van der Waals surface area contributed by atoms with E-state index in [4.69, 9.17) is 14.2 Å². The SMILES string of the molecule is CC[C@@H](C(=O)Nc1cc(OC)ccc1OC)n1c(C(=O)OC)cc2ccsc21. The number of amides is 1. The summed E-state index contributed by atoms with van der Waals surface area (Å²) < 4.78 is 17.2. The molecule has 1 N–H and O–H groups in total. The smallest absolute Gasteiger partial charge is 0.354 e. The Labute approximate surface area is 166 Å². The third-order valence-electron chi connectivity index (χ3n) is 4.50. The number of benzene rings is 1. The second-order valence-electron chi connectivity index (χ2n) is 6.05. The van der Waals surface area contributed by atoms with Crippen LogP contribution in [-0.2, 0) is 9.53 Å². The fourth-order valence-corrected chi connectivity index (χ4v) is 4.07. The molecule has 3 aromatic rings. The largest absolute Gasteiger partial charge is 0.497 e. The molecule has 7 nitrogen and oxygen atoms in total. The Balaban J connectivity index is 2.01. The molecule has 2 heterocycles. The maximum Gasteiger partial charge on any atom is 0.354 e. The molecular weight excluding hydrogens is 380 g/mol. The van der Waals surface area contributed by atoms with Crippen molar-refractivity contribution in [2.45, 2.75) is 19.4 Å². The van der Waals surface area contributed by atoms with Gasteiger partial charge < -0.3 is 24.1 Å². The van der Waals surface area contributed by atoms with Gasteiger partial charge in [-0.1, -0.05) is 6.92 Å². The highest BCUT2D eigenvalue weighted by Gasteiger charge is 2.27. The summed E-state index contributed by atoms with van der Waals surface area (Å²) in [6, 6.07) is 8.24. The number of nitrogens with zero attached hydrogens (tertiary/aromatic N) is 1. The maximum atomic E-state index is 13.2. The monoisotopic (exact) mass is 402 g/mol. The molecule has 0 aliphatic rings. The topological polar surface area (TPSA) is 78.8 Å². The summed E-state index contributed by atoms with van der Waals surface area (Å²) in [6.07, 6.45) is 0.490. The molecule has 28 heavy (non-hydrogen) atoms. The number of hydrogen-bond donors (Lipinski definition) is 1. The lowest BCUT2D eigenvalue weighted by molar-refractivity contribution is -0.119. The standard InChI is InChI=1S/C20H22N2O5S/c1-5-15(18(23)21-14-11-13(25-2)6-7-17(14)26-3)22-16(20(24)27-4)10-12-8-9-28-19(12)22/h6-11,15H,5H2,1-4H3,(H,21,23)/t15-/m0/s1. The van der Waals surface area contributed by atoms with Crippen molar-refractivity contribution < 1.29 is 23.8 Å². The molecule has 1 aromatic carbocycles. The molecule has 148 valence electrons. The van der Waals surface area contributed by atoms with Crippen molar-refractivity contribution in [2.24, 2.45) is 0 Å². The lowest BCUT2D eigenvalue weighted by atomic mass is 10.2. The van der Waals surface area contributed by atoms with Crippen LogP contribution in [0, 0.1) is 0 Å². The number of aromatic nitrogens is 1. The number of thiophene rings is 1. The molecule has 8 heteroatoms. The first kappa shape index (κ1) is 19.8. The van der Waals surface area contributed by atoms with Crippen molar-refractivity contribution >= 4 is 39.1 Å². The number of hydrogen-bond acceptors (Lipinski definition) is 6. The van der Waals surface area contributed by atoms with Crippen molar-refractivity contribution in [3.05, 3.63) is 41.4 Å². The predicted octanol–water partition coefficient (Wildman–Crippen LogP) is 4.10. The number of methoxy groups -OCH3 is 3. The first-order valence-corrected chi connectivity index (χ1v) is 9.61. The normalized spacial score (nSPS) is 11.9. The summed E-state index contributed by atoms with van der Waals surface area (Å²) in [5.41, 5.74) is 0.850. The minimum atomic E-state index is -0.596. The van der Waals surface area contributed by atoms with Crippen LogP contribution in [0.15, 0.2) is 35.7 Å². The van der Waals surface area contributed by atoms with Crippen molar-refractivity contribution in [3.63, 3.8) is 0 Å². The van der Waals surface area contributed by atoms with Gasteiger partial charge >= 0.3 is 5.97 Å². The van der Waals surface area contributed by atoms with E-state index < -0.39 is 12.0 Å². The summed E-state index contributed by atoms with van der Waals surface area (Å²) in [5, 5.41) is 5.73. The Morgan fingerprint density at radius 2 is 1.93 bits per heavy atom. The molecule has 0 bridgehead atoms. The minimum absolute atomic E-state index is 0.259. The first-order valence-electron chi connectivity index (χ1n) is 8.73. The average Bonchev–Trinajstić information content (AvgIpc) is 3.30. The van der Waals surface area contributed by atoms with E-state index in [0.717, 1.165) is 10.2 Å². The van der Waals surface area contributed by atoms with E-state index in [-0.39, 0.29) is 5.91 Å². The molecule has 0 aliphatic carbocycles. The molecule has 2 aromatic heterocycles. The number of carbonyl (C=O) groups excluding carboxylic acids is 2. The summed E-state index contributed by atoms with van der Waals surface area (Å²) in [7, 11) is 4.42. The first-order chi connectivity index (χ1) is 13.5. The van der Waals surface area contributed by atoms with Gasteiger partial charge in [0.1, 0.15) is 28.1 Å². The zero-order valence-corrected chi connectivity index (χ0v) is 17.0. The molecule has 0 saturated carbocycles. The van der Waals surface area contributed by atoms with Gasteiger partial charge in [0.05, 0.1) is 27.0 Å². The molecule has 1 atom stereocenters. The minimum Gasteiger partial charge on any atom is -0.497 e. The van der Waals surface area contributed by atoms with Crippen molar-refractivity contribution in [1.82, 2.24) is 4.57 Å². The summed E-state index contributed by atoms with van der Waals surface area (Å²) in [4.78, 5) is 26.3. The number of nitrogens with one attached hydrogen (secondary N) is 1. The van der Waals surface area contributed by atoms with Gasteiger partial charge in [0, 0.05) is 11.5 Å². The predicted molar refractivity (Wildman–Crippen MR) is 109 cm³/mol. The van der Waals surface area contributed by atoms with Gasteiger partial charge in [-0.25, -0.2) is 4.79 Å². The number of fused-ring (bicyclic) bond motifs is 1. The molecule has 0 aliphatic heterocycles. The van der Waals surface area contributed by atoms with Crippen LogP contribution in [0.3, 0.4) is 0 Å². The Hall–Kier alpha value is -3.00. The Kier molecular flexibility index (Phi) is 5.89. The lowest BCUT2D eigenvalue weighted by Crippen LogP contribution is -2.28. The number of rotatable bonds is 7. The lowest BCUT2D eigenvalue weighted by Gasteiger charge is -2.20. The van der Waals surface area contributed by atoms with Crippen LogP contribution in [0.1, 0.15) is 29.9 Å². The molecule has 0 spiro atoms. The third kappa shape index (κ3) is 3.55. The summed E-state index contributed by atoms with van der Waals surface area (Å²) in [5.74, 6) is 0.380. The molecular formula is C20H22N2O5S. The average molecular weight is 402 g/mol. The second kappa shape index (κ2) is 8.35. The van der Waals surface area contributed by atoms with Gasteiger partial charge in [0.2, 0.25) is 5.91 Å². The fraction of sp³-hybridized carbons (Fsp3) is 0.300. The van der Waals surface area contributed by atoms with Gasteiger partial charge in [-0.05, 0) is 36.1 Å². The van der Waals surface area contributed by atoms with Gasteiger partial charge in [-0.15, -0.1) is 11.3 Å². The Morgan fingerprint density at radius 3 is 2.57 bits per heavy atom. The second-order valence-corrected chi connectivity index (χ2v) is 6.95. The van der Waals surface area contributed by atoms with Crippen molar-refractivity contribution in [1.29, 1.82) is 0 Å². The summed E-state index contributed by atoms with van der Waals surface area (Å²) in [6.45, 7) is 1.90. The molecule has 3 rings (SSSR count). The quantitative estimate of drug-likeness (QED) is 0.602. The van der Waals surface area contributed by atoms with E-state index in [2.05, 4.69) is 5.32 Å². The highest BCUT2D eigenvalue weighted by Crippen LogP contribution is 2.33. The zero-order valence-electron chi connectivity index (χ0n) is 16.1. The molecule has 0 radical (unpaired) electrons. The van der Waals surface area contributed by atoms with E-state index in [1.54, 1.807) is 35.9 Å². The molecule has 0 unspecified atom stereocenters. The van der Waals surface area contributed by atoms with Crippen LogP contribution in [-0.4, -0.2) is 37.8 Å². The number of carbonyl (C=O) groups is 2.